The molecule has 3 aromatic rings. The molecule has 0 bridgehead atoms. The van der Waals surface area contributed by atoms with Crippen LogP contribution in [0.15, 0.2) is 71.2 Å². The molecule has 0 aliphatic carbocycles. The highest BCUT2D eigenvalue weighted by atomic mass is 79.9. The minimum Gasteiger partial charge on any atom is -0.487 e. The number of ether oxygens (including phenoxy) is 1. The number of hydrogen-bond donors (Lipinski definition) is 1. The van der Waals surface area contributed by atoms with Gasteiger partial charge in [0.15, 0.2) is 0 Å². The van der Waals surface area contributed by atoms with Crippen LogP contribution in [0.3, 0.4) is 0 Å². The third-order valence-electron chi connectivity index (χ3n) is 6.10. The maximum Gasteiger partial charge on any atom is 0.305 e. The fraction of sp³-hybridized carbons (Fsp3) is 0.286. The minimum atomic E-state index is -0.923. The van der Waals surface area contributed by atoms with Gasteiger partial charge in [-0.1, -0.05) is 57.9 Å². The molecular weight excluding hydrogens is 494 g/mol. The molecule has 5 nitrogen and oxygen atoms in total. The largest absolute Gasteiger partial charge is 0.487 e. The average molecular weight is 522 g/mol. The molecule has 1 atom stereocenters. The van der Waals surface area contributed by atoms with E-state index in [4.69, 9.17) is 4.74 Å². The molecule has 0 unspecified atom stereocenters. The van der Waals surface area contributed by atoms with Crippen molar-refractivity contribution in [3.8, 4) is 5.75 Å². The number of carbonyl (C=O) groups is 2. The zero-order valence-corrected chi connectivity index (χ0v) is 21.0. The lowest BCUT2D eigenvalue weighted by Crippen LogP contribution is -2.33. The van der Waals surface area contributed by atoms with Gasteiger partial charge < -0.3 is 14.7 Å². The number of fused-ring (bicyclic) bond motifs is 1. The second-order valence-corrected chi connectivity index (χ2v) is 10.1. The van der Waals surface area contributed by atoms with Crippen molar-refractivity contribution in [3.05, 3.63) is 99.0 Å². The van der Waals surface area contributed by atoms with Crippen molar-refractivity contribution < 1.29 is 19.4 Å². The van der Waals surface area contributed by atoms with E-state index in [1.54, 1.807) is 11.0 Å². The van der Waals surface area contributed by atoms with Crippen LogP contribution in [0.1, 0.15) is 46.0 Å². The Bertz CT molecular complexity index is 1190. The molecule has 6 heteroatoms. The molecule has 34 heavy (non-hydrogen) atoms. The predicted octanol–water partition coefficient (Wildman–Crippen LogP) is 5.81. The Morgan fingerprint density at radius 1 is 1.03 bits per heavy atom. The molecule has 176 valence electrons. The van der Waals surface area contributed by atoms with Gasteiger partial charge in [-0.2, -0.15) is 0 Å². The van der Waals surface area contributed by atoms with E-state index in [0.29, 0.717) is 18.5 Å². The number of aliphatic carboxylic acids is 1. The van der Waals surface area contributed by atoms with Crippen LogP contribution < -0.4 is 4.74 Å². The first-order valence-corrected chi connectivity index (χ1v) is 12.1. The molecule has 0 radical (unpaired) electrons. The fourth-order valence-corrected chi connectivity index (χ4v) is 4.63. The van der Waals surface area contributed by atoms with Crippen LogP contribution in [0.2, 0.25) is 0 Å². The molecule has 0 aromatic heterocycles. The van der Waals surface area contributed by atoms with E-state index in [1.165, 1.54) is 5.56 Å². The summed E-state index contributed by atoms with van der Waals surface area (Å²) in [6, 6.07) is 21.7. The first-order chi connectivity index (χ1) is 16.2. The van der Waals surface area contributed by atoms with Gasteiger partial charge >= 0.3 is 5.97 Å². The van der Waals surface area contributed by atoms with Crippen LogP contribution in [-0.4, -0.2) is 34.0 Å². The monoisotopic (exact) mass is 521 g/mol. The number of benzene rings is 3. The van der Waals surface area contributed by atoms with Gasteiger partial charge in [0.05, 0.1) is 6.42 Å². The van der Waals surface area contributed by atoms with Crippen LogP contribution in [0.5, 0.6) is 5.75 Å². The fourth-order valence-electron chi connectivity index (χ4n) is 4.37. The van der Waals surface area contributed by atoms with Crippen molar-refractivity contribution in [1.82, 2.24) is 4.90 Å². The number of carboxylic acids is 1. The van der Waals surface area contributed by atoms with E-state index in [0.717, 1.165) is 33.3 Å². The molecule has 1 heterocycles. The van der Waals surface area contributed by atoms with Crippen molar-refractivity contribution >= 4 is 27.8 Å². The topological polar surface area (TPSA) is 66.8 Å². The van der Waals surface area contributed by atoms with Gasteiger partial charge in [0.1, 0.15) is 11.4 Å². The number of amides is 1. The molecule has 1 aliphatic heterocycles. The van der Waals surface area contributed by atoms with Crippen LogP contribution in [0.4, 0.5) is 0 Å². The van der Waals surface area contributed by atoms with Crippen LogP contribution in [0.25, 0.3) is 0 Å². The molecule has 1 aliphatic rings. The predicted molar refractivity (Wildman–Crippen MR) is 135 cm³/mol. The highest BCUT2D eigenvalue weighted by Gasteiger charge is 2.35. The summed E-state index contributed by atoms with van der Waals surface area (Å²) in [7, 11) is 0. The lowest BCUT2D eigenvalue weighted by atomic mass is 9.91. The minimum absolute atomic E-state index is 0.100. The number of hydrogen-bond acceptors (Lipinski definition) is 3. The van der Waals surface area contributed by atoms with Crippen LogP contribution in [0, 0.1) is 6.92 Å². The lowest BCUT2D eigenvalue weighted by molar-refractivity contribution is -0.137. The number of halogens is 1. The first-order valence-electron chi connectivity index (χ1n) is 11.3. The highest BCUT2D eigenvalue weighted by Crippen LogP contribution is 2.38. The first kappa shape index (κ1) is 24.0. The highest BCUT2D eigenvalue weighted by molar-refractivity contribution is 9.10. The summed E-state index contributed by atoms with van der Waals surface area (Å²) in [5.41, 5.74) is 4.45. The molecule has 1 N–H and O–H groups in total. The Morgan fingerprint density at radius 2 is 1.71 bits per heavy atom. The summed E-state index contributed by atoms with van der Waals surface area (Å²) in [6.45, 7) is 4.61. The van der Waals surface area contributed by atoms with E-state index in [-0.39, 0.29) is 24.5 Å². The number of aryl methyl sites for hydroxylation is 1. The third kappa shape index (κ3) is 5.86. The summed E-state index contributed by atoms with van der Waals surface area (Å²) < 4.78 is 7.34. The molecule has 0 spiro atoms. The summed E-state index contributed by atoms with van der Waals surface area (Å²) in [6.07, 6.45) is 1.36. The number of rotatable bonds is 8. The summed E-state index contributed by atoms with van der Waals surface area (Å²) in [5.74, 6) is -0.300. The second kappa shape index (κ2) is 10.0. The van der Waals surface area contributed by atoms with E-state index in [1.807, 2.05) is 55.5 Å². The molecule has 0 fully saturated rings. The molecule has 0 saturated carbocycles. The number of nitrogens with zero attached hydrogens (tertiary/aromatic N) is 1. The van der Waals surface area contributed by atoms with Gasteiger partial charge in [0, 0.05) is 36.0 Å². The van der Waals surface area contributed by atoms with Crippen molar-refractivity contribution in [2.75, 3.05) is 6.54 Å². The van der Waals surface area contributed by atoms with Crippen molar-refractivity contribution in [1.29, 1.82) is 0 Å². The standard InChI is InChI=1S/C28H28BrNO4/c1-19-3-5-21(6-4-19)18-30(14-13-26(31)32)27(33)22-9-12-25-23(15-22)17-28(2,34-25)16-20-7-10-24(29)11-8-20/h3-12,15H,13-14,16-18H2,1-2H3,(H,31,32)/t28-/m0/s1. The maximum atomic E-state index is 13.4. The quantitative estimate of drug-likeness (QED) is 0.406. The molecular formula is C28H28BrNO4. The average Bonchev–Trinajstić information content (AvgIpc) is 3.13. The van der Waals surface area contributed by atoms with Crippen molar-refractivity contribution in [2.24, 2.45) is 0 Å². The normalized spacial score (nSPS) is 16.6. The van der Waals surface area contributed by atoms with Gasteiger partial charge in [-0.25, -0.2) is 0 Å². The molecule has 3 aromatic carbocycles. The van der Waals surface area contributed by atoms with Gasteiger partial charge in [-0.15, -0.1) is 0 Å². The van der Waals surface area contributed by atoms with Gasteiger partial charge in [0.2, 0.25) is 0 Å². The zero-order chi connectivity index (χ0) is 24.3. The van der Waals surface area contributed by atoms with Gasteiger partial charge in [-0.3, -0.25) is 9.59 Å². The SMILES string of the molecule is Cc1ccc(CN(CCC(=O)O)C(=O)c2ccc3c(c2)C[C@](C)(Cc2ccc(Br)cc2)O3)cc1. The van der Waals surface area contributed by atoms with Crippen LogP contribution in [-0.2, 0) is 24.2 Å². The summed E-state index contributed by atoms with van der Waals surface area (Å²) in [5, 5.41) is 9.18. The van der Waals surface area contributed by atoms with E-state index in [2.05, 4.69) is 35.0 Å². The molecule has 4 rings (SSSR count). The Kier molecular flexibility index (Phi) is 7.08. The second-order valence-electron chi connectivity index (χ2n) is 9.21. The van der Waals surface area contributed by atoms with Crippen molar-refractivity contribution in [2.45, 2.75) is 45.3 Å². The Morgan fingerprint density at radius 3 is 2.38 bits per heavy atom. The van der Waals surface area contributed by atoms with E-state index >= 15 is 0 Å². The molecule has 1 amide bonds. The Balaban J connectivity index is 1.51. The number of carboxylic acid groups (broad SMARTS) is 1. The summed E-state index contributed by atoms with van der Waals surface area (Å²) in [4.78, 5) is 26.2. The van der Waals surface area contributed by atoms with E-state index < -0.39 is 5.97 Å². The number of carbonyl (C=O) groups excluding carboxylic acids is 1. The Labute approximate surface area is 208 Å². The molecule has 0 saturated heterocycles. The third-order valence-corrected chi connectivity index (χ3v) is 6.63. The van der Waals surface area contributed by atoms with Crippen molar-refractivity contribution in [3.63, 3.8) is 0 Å². The summed E-state index contributed by atoms with van der Waals surface area (Å²) >= 11 is 3.47. The Hall–Kier alpha value is -3.12. The smallest absolute Gasteiger partial charge is 0.305 e. The van der Waals surface area contributed by atoms with Gasteiger partial charge in [-0.05, 0) is 60.9 Å². The zero-order valence-electron chi connectivity index (χ0n) is 19.4. The van der Waals surface area contributed by atoms with E-state index in [9.17, 15) is 14.7 Å². The van der Waals surface area contributed by atoms with Gasteiger partial charge in [0.25, 0.3) is 5.91 Å². The van der Waals surface area contributed by atoms with Crippen LogP contribution >= 0.6 is 15.9 Å². The maximum absolute atomic E-state index is 13.4. The lowest BCUT2D eigenvalue weighted by Gasteiger charge is -2.24.